The van der Waals surface area contributed by atoms with Crippen molar-refractivity contribution in [3.63, 3.8) is 0 Å². The number of ether oxygens (including phenoxy) is 2. The van der Waals surface area contributed by atoms with Gasteiger partial charge in [0.2, 0.25) is 0 Å². The highest BCUT2D eigenvalue weighted by atomic mass is 31.2. The number of hydrogen-bond donors (Lipinski definition) is 0. The van der Waals surface area contributed by atoms with Crippen molar-refractivity contribution < 1.29 is 42.1 Å². The second kappa shape index (κ2) is 54.7. The van der Waals surface area contributed by atoms with Crippen LogP contribution in [0.3, 0.4) is 0 Å². The Balaban J connectivity index is 4.08. The van der Waals surface area contributed by atoms with Gasteiger partial charge in [-0.2, -0.15) is 0 Å². The molecule has 0 bridgehead atoms. The Kier molecular flexibility index (Phi) is 53.2. The number of phosphoric acid groups is 1. The first-order chi connectivity index (χ1) is 35.5. The number of nitrogens with zero attached hydrogens (tertiary/aromatic N) is 1. The van der Waals surface area contributed by atoms with Crippen molar-refractivity contribution in [3.8, 4) is 0 Å². The maximum absolute atomic E-state index is 12.8. The van der Waals surface area contributed by atoms with E-state index >= 15 is 0 Å². The van der Waals surface area contributed by atoms with E-state index in [1.165, 1.54) is 186 Å². The Morgan fingerprint density at radius 2 is 0.781 bits per heavy atom. The number of allylic oxidation sites excluding steroid dienone is 8. The van der Waals surface area contributed by atoms with E-state index in [0.29, 0.717) is 17.4 Å². The van der Waals surface area contributed by atoms with Crippen molar-refractivity contribution in [1.29, 1.82) is 0 Å². The van der Waals surface area contributed by atoms with Crippen molar-refractivity contribution in [3.05, 3.63) is 48.6 Å². The minimum atomic E-state index is -4.64. The van der Waals surface area contributed by atoms with Gasteiger partial charge in [-0.05, 0) is 51.4 Å². The minimum absolute atomic E-state index is 0.0323. The molecule has 0 rings (SSSR count). The number of phosphoric ester groups is 1. The van der Waals surface area contributed by atoms with Crippen molar-refractivity contribution >= 4 is 19.8 Å². The van der Waals surface area contributed by atoms with Gasteiger partial charge in [0.15, 0.2) is 6.10 Å². The topological polar surface area (TPSA) is 111 Å². The smallest absolute Gasteiger partial charge is 0.306 e. The molecule has 2 atom stereocenters. The van der Waals surface area contributed by atoms with Gasteiger partial charge in [0, 0.05) is 12.8 Å². The highest BCUT2D eigenvalue weighted by Gasteiger charge is 2.22. The van der Waals surface area contributed by atoms with Gasteiger partial charge in [-0.3, -0.25) is 14.2 Å². The van der Waals surface area contributed by atoms with Crippen LogP contribution in [0.15, 0.2) is 48.6 Å². The van der Waals surface area contributed by atoms with Crippen LogP contribution in [0.1, 0.15) is 290 Å². The van der Waals surface area contributed by atoms with Crippen LogP contribution in [0.5, 0.6) is 0 Å². The molecule has 0 aromatic heterocycles. The lowest BCUT2D eigenvalue weighted by atomic mass is 10.0. The van der Waals surface area contributed by atoms with Crippen LogP contribution in [0.2, 0.25) is 0 Å². The molecule has 0 aliphatic rings. The lowest BCUT2D eigenvalue weighted by Crippen LogP contribution is -2.37. The van der Waals surface area contributed by atoms with Crippen LogP contribution < -0.4 is 4.89 Å². The number of hydrogen-bond acceptors (Lipinski definition) is 8. The molecule has 0 aromatic rings. The summed E-state index contributed by atoms with van der Waals surface area (Å²) in [6.45, 7) is 4.16. The molecule has 73 heavy (non-hydrogen) atoms. The zero-order valence-corrected chi connectivity index (χ0v) is 49.5. The average Bonchev–Trinajstić information content (AvgIpc) is 3.35. The summed E-state index contributed by atoms with van der Waals surface area (Å²) in [6.07, 6.45) is 68.9. The molecule has 2 unspecified atom stereocenters. The molecule has 0 radical (unpaired) electrons. The summed E-state index contributed by atoms with van der Waals surface area (Å²) in [5, 5.41) is 0. The van der Waals surface area contributed by atoms with Gasteiger partial charge in [0.25, 0.3) is 7.82 Å². The number of unbranched alkanes of at least 4 members (excludes halogenated alkanes) is 35. The van der Waals surface area contributed by atoms with Gasteiger partial charge in [-0.1, -0.05) is 274 Å². The molecule has 0 amide bonds. The standard InChI is InChI=1S/C63H118NO8P/c1-6-8-10-12-14-16-18-20-22-24-26-28-29-30-31-32-33-34-36-37-39-41-43-45-47-49-51-53-55-62(65)69-59-61(60-71-73(67,68)70-58-57-64(3,4)5)72-63(66)56-54-52-50-48-46-44-42-40-38-35-27-25-23-21-19-17-15-13-11-9-7-2/h9,11,15,17,21,23,27,35,61H,6-8,10,12-14,16,18-20,22,24-26,28-34,36-60H2,1-5H3/b11-9-,17-15-,23-21-,35-27-. The van der Waals surface area contributed by atoms with Crippen LogP contribution in [0.4, 0.5) is 0 Å². The lowest BCUT2D eigenvalue weighted by Gasteiger charge is -2.28. The summed E-state index contributed by atoms with van der Waals surface area (Å²) in [4.78, 5) is 37.9. The highest BCUT2D eigenvalue weighted by molar-refractivity contribution is 7.45. The van der Waals surface area contributed by atoms with Crippen molar-refractivity contribution in [2.75, 3.05) is 47.5 Å². The number of carbonyl (C=O) groups excluding carboxylic acids is 2. The van der Waals surface area contributed by atoms with E-state index < -0.39 is 26.5 Å². The van der Waals surface area contributed by atoms with Gasteiger partial charge in [0.1, 0.15) is 19.8 Å². The molecule has 0 aromatic carbocycles. The quantitative estimate of drug-likeness (QED) is 0.0195. The van der Waals surface area contributed by atoms with E-state index in [-0.39, 0.29) is 32.0 Å². The molecule has 0 saturated heterocycles. The molecule has 0 aliphatic heterocycles. The van der Waals surface area contributed by atoms with Gasteiger partial charge in [0.05, 0.1) is 27.7 Å². The van der Waals surface area contributed by atoms with E-state index in [1.807, 2.05) is 21.1 Å². The third kappa shape index (κ3) is 59.1. The number of esters is 2. The first kappa shape index (κ1) is 71.0. The second-order valence-corrected chi connectivity index (χ2v) is 23.5. The van der Waals surface area contributed by atoms with Gasteiger partial charge < -0.3 is 27.9 Å². The molecular weight excluding hydrogens is 930 g/mol. The Morgan fingerprint density at radius 1 is 0.438 bits per heavy atom. The van der Waals surface area contributed by atoms with Gasteiger partial charge >= 0.3 is 11.9 Å². The van der Waals surface area contributed by atoms with E-state index in [4.69, 9.17) is 18.5 Å². The molecule has 0 saturated carbocycles. The summed E-state index contributed by atoms with van der Waals surface area (Å²) < 4.78 is 34.2. The Bertz CT molecular complexity index is 1370. The normalized spacial score (nSPS) is 13.6. The lowest BCUT2D eigenvalue weighted by molar-refractivity contribution is -0.870. The molecule has 428 valence electrons. The number of likely N-dealkylation sites (N-methyl/N-ethyl adjacent to an activating group) is 1. The van der Waals surface area contributed by atoms with Crippen molar-refractivity contribution in [1.82, 2.24) is 0 Å². The number of carbonyl (C=O) groups is 2. The molecule has 0 N–H and O–H groups in total. The van der Waals surface area contributed by atoms with Crippen molar-refractivity contribution in [2.45, 2.75) is 296 Å². The third-order valence-corrected chi connectivity index (χ3v) is 14.6. The number of quaternary nitrogens is 1. The molecule has 0 fully saturated rings. The fraction of sp³-hybridized carbons (Fsp3) is 0.841. The summed E-state index contributed by atoms with van der Waals surface area (Å²) in [5.41, 5.74) is 0. The largest absolute Gasteiger partial charge is 0.756 e. The van der Waals surface area contributed by atoms with Crippen LogP contribution in [-0.4, -0.2) is 70.0 Å². The van der Waals surface area contributed by atoms with Crippen LogP contribution in [0.25, 0.3) is 0 Å². The van der Waals surface area contributed by atoms with Crippen LogP contribution >= 0.6 is 7.82 Å². The number of rotatable bonds is 57. The fourth-order valence-electron chi connectivity index (χ4n) is 8.89. The highest BCUT2D eigenvalue weighted by Crippen LogP contribution is 2.38. The van der Waals surface area contributed by atoms with E-state index in [0.717, 1.165) is 70.6 Å². The molecule has 9 nitrogen and oxygen atoms in total. The molecule has 0 aliphatic carbocycles. The maximum atomic E-state index is 12.8. The Morgan fingerprint density at radius 3 is 1.16 bits per heavy atom. The summed E-state index contributed by atoms with van der Waals surface area (Å²) in [6, 6.07) is 0. The van der Waals surface area contributed by atoms with E-state index in [9.17, 15) is 19.0 Å². The van der Waals surface area contributed by atoms with Crippen LogP contribution in [0, 0.1) is 0 Å². The SMILES string of the molecule is CC/C=C\C/C=C\C/C=C\C/C=C\CCCCCCCCCCC(=O)OC(COC(=O)CCCCCCCCCCCCCCCCCCCCCCCCCCCCCC)COP(=O)([O-])OCC[N+](C)(C)C. The predicted molar refractivity (Wildman–Crippen MR) is 310 cm³/mol. The zero-order valence-electron chi connectivity index (χ0n) is 48.6. The third-order valence-electron chi connectivity index (χ3n) is 13.6. The molecule has 0 heterocycles. The fourth-order valence-corrected chi connectivity index (χ4v) is 9.61. The monoisotopic (exact) mass is 1050 g/mol. The zero-order chi connectivity index (χ0) is 53.5. The molecule has 0 spiro atoms. The maximum Gasteiger partial charge on any atom is 0.306 e. The summed E-state index contributed by atoms with van der Waals surface area (Å²) in [7, 11) is 1.17. The molecule has 10 heteroatoms. The van der Waals surface area contributed by atoms with Gasteiger partial charge in [-0.15, -0.1) is 0 Å². The van der Waals surface area contributed by atoms with Crippen molar-refractivity contribution in [2.24, 2.45) is 0 Å². The first-order valence-electron chi connectivity index (χ1n) is 30.8. The van der Waals surface area contributed by atoms with Gasteiger partial charge in [-0.25, -0.2) is 0 Å². The van der Waals surface area contributed by atoms with Crippen LogP contribution in [-0.2, 0) is 32.7 Å². The summed E-state index contributed by atoms with van der Waals surface area (Å²) >= 11 is 0. The summed E-state index contributed by atoms with van der Waals surface area (Å²) in [5.74, 6) is -0.831. The van der Waals surface area contributed by atoms with E-state index in [1.54, 1.807) is 0 Å². The predicted octanol–water partition coefficient (Wildman–Crippen LogP) is 18.7. The first-order valence-corrected chi connectivity index (χ1v) is 32.3. The minimum Gasteiger partial charge on any atom is -0.756 e. The Hall–Kier alpha value is -2.03. The molecular formula is C63H118NO8P. The average molecular weight is 1050 g/mol. The second-order valence-electron chi connectivity index (χ2n) is 22.0. The Labute approximate surface area is 452 Å². The van der Waals surface area contributed by atoms with E-state index in [2.05, 4.69) is 62.5 Å².